The van der Waals surface area contributed by atoms with Gasteiger partial charge < -0.3 is 20.4 Å². The molecule has 1 unspecified atom stereocenters. The van der Waals surface area contributed by atoms with Gasteiger partial charge in [0.2, 0.25) is 0 Å². The van der Waals surface area contributed by atoms with Gasteiger partial charge in [0.25, 0.3) is 0 Å². The van der Waals surface area contributed by atoms with E-state index in [2.05, 4.69) is 36.2 Å². The van der Waals surface area contributed by atoms with Crippen LogP contribution in [0.1, 0.15) is 57.6 Å². The molecule has 2 aromatic carbocycles. The zero-order chi connectivity index (χ0) is 28.7. The van der Waals surface area contributed by atoms with Gasteiger partial charge in [0.1, 0.15) is 5.82 Å². The van der Waals surface area contributed by atoms with Crippen molar-refractivity contribution in [3.63, 3.8) is 0 Å². The average Bonchev–Trinajstić information content (AvgIpc) is 3.47. The normalized spacial score (nSPS) is 17.9. The molecule has 0 radical (unpaired) electrons. The molecule has 1 aliphatic rings. The molecule has 0 spiro atoms. The van der Waals surface area contributed by atoms with Crippen molar-refractivity contribution in [3.05, 3.63) is 59.4 Å². The van der Waals surface area contributed by atoms with Crippen LogP contribution >= 0.6 is 0 Å². The fourth-order valence-corrected chi connectivity index (χ4v) is 5.15. The van der Waals surface area contributed by atoms with Crippen LogP contribution in [0.4, 0.5) is 10.1 Å². The number of H-pyrrole nitrogens is 1. The number of nitrogens with one attached hydrogen (secondary N) is 3. The van der Waals surface area contributed by atoms with Gasteiger partial charge in [-0.15, -0.1) is 5.10 Å². The van der Waals surface area contributed by atoms with Crippen molar-refractivity contribution in [2.24, 2.45) is 5.92 Å². The lowest BCUT2D eigenvalue weighted by Gasteiger charge is -2.33. The average molecular weight is 554 g/mol. The molecule has 3 aromatic rings. The molecule has 10 nitrogen and oxygen atoms in total. The summed E-state index contributed by atoms with van der Waals surface area (Å²) in [5.41, 5.74) is 1.73. The van der Waals surface area contributed by atoms with E-state index in [0.29, 0.717) is 28.6 Å². The van der Waals surface area contributed by atoms with Crippen LogP contribution in [0.25, 0.3) is 11.4 Å². The second-order valence-corrected chi connectivity index (χ2v) is 11.4. The van der Waals surface area contributed by atoms with Crippen LogP contribution in [-0.2, 0) is 16.6 Å². The molecule has 11 heteroatoms. The van der Waals surface area contributed by atoms with Gasteiger partial charge in [-0.05, 0) is 124 Å². The van der Waals surface area contributed by atoms with Gasteiger partial charge in [-0.3, -0.25) is 10.1 Å². The largest absolute Gasteiger partial charge is 0.481 e. The number of hydrogen-bond acceptors (Lipinski definition) is 8. The molecular weight excluding hydrogens is 513 g/mol. The van der Waals surface area contributed by atoms with E-state index in [1.165, 1.54) is 30.5 Å². The minimum atomic E-state index is -1.16. The lowest BCUT2D eigenvalue weighted by Crippen LogP contribution is -2.44. The summed E-state index contributed by atoms with van der Waals surface area (Å²) in [4.78, 5) is 14.4. The highest BCUT2D eigenvalue weighted by Crippen LogP contribution is 2.31. The van der Waals surface area contributed by atoms with E-state index >= 15 is 0 Å². The van der Waals surface area contributed by atoms with E-state index in [-0.39, 0.29) is 11.9 Å². The number of hydrogen-bond donors (Lipinski definition) is 5. The standard InChI is InChI=1S/C29H40FN7O3/c1-19(12-14-37-13-4-5-21(18-37)7-6-20-8-10-24(30)11-9-20)31-28(40)32-25-16-22(26-33-35-36-34-26)15-23(17-25)29(2,3)27(38)39/h8-11,15-17,19,21,28,31-32,40H,4-7,12-14,18H2,1-3H3,(H,38,39)(H,33,34,35,36)/t19-,21+,28?/m1/s1. The third kappa shape index (κ3) is 8.06. The van der Waals surface area contributed by atoms with Crippen molar-refractivity contribution in [2.45, 2.75) is 70.7 Å². The molecule has 1 fully saturated rings. The number of likely N-dealkylation sites (tertiary alicyclic amines) is 1. The summed E-state index contributed by atoms with van der Waals surface area (Å²) in [6.07, 6.45) is 4.29. The smallest absolute Gasteiger partial charge is 0.313 e. The molecular formula is C29H40FN7O3. The van der Waals surface area contributed by atoms with E-state index < -0.39 is 17.7 Å². The molecule has 4 rings (SSSR count). The Kier molecular flexibility index (Phi) is 9.83. The van der Waals surface area contributed by atoms with Crippen molar-refractivity contribution in [1.29, 1.82) is 0 Å². The Morgan fingerprint density at radius 1 is 1.25 bits per heavy atom. The molecule has 2 heterocycles. The second-order valence-electron chi connectivity index (χ2n) is 11.4. The lowest BCUT2D eigenvalue weighted by molar-refractivity contribution is -0.142. The number of rotatable bonds is 13. The number of aliphatic hydroxyl groups excluding tert-OH is 1. The lowest BCUT2D eigenvalue weighted by atomic mass is 9.83. The van der Waals surface area contributed by atoms with Gasteiger partial charge >= 0.3 is 5.97 Å². The third-order valence-corrected chi connectivity index (χ3v) is 7.79. The molecule has 0 aliphatic carbocycles. The topological polar surface area (TPSA) is 139 Å². The van der Waals surface area contributed by atoms with Crippen molar-refractivity contribution < 1.29 is 19.4 Å². The van der Waals surface area contributed by atoms with Crippen LogP contribution in [0.15, 0.2) is 42.5 Å². The molecule has 0 amide bonds. The number of aromatic amines is 1. The van der Waals surface area contributed by atoms with Gasteiger partial charge in [0.15, 0.2) is 12.2 Å². The maximum absolute atomic E-state index is 13.2. The summed E-state index contributed by atoms with van der Waals surface area (Å²) >= 11 is 0. The number of tetrazole rings is 1. The number of halogens is 1. The van der Waals surface area contributed by atoms with Gasteiger partial charge in [-0.1, -0.05) is 12.1 Å². The molecule has 1 aliphatic heterocycles. The highest BCUT2D eigenvalue weighted by molar-refractivity contribution is 5.82. The van der Waals surface area contributed by atoms with Gasteiger partial charge in [0.05, 0.1) is 5.41 Å². The van der Waals surface area contributed by atoms with E-state index in [4.69, 9.17) is 0 Å². The SMILES string of the molecule is C[C@H](CCN1CCC[C@@H](CCc2ccc(F)cc2)C1)NC(O)Nc1cc(-c2nnn[nH]2)cc(C(C)(C)C(=O)O)c1. The first-order chi connectivity index (χ1) is 19.1. The molecule has 216 valence electrons. The number of aliphatic carboxylic acids is 1. The summed E-state index contributed by atoms with van der Waals surface area (Å²) in [6, 6.07) is 12.1. The van der Waals surface area contributed by atoms with Gasteiger partial charge in [0, 0.05) is 23.8 Å². The number of carbonyl (C=O) groups is 1. The highest BCUT2D eigenvalue weighted by Gasteiger charge is 2.30. The Morgan fingerprint density at radius 3 is 2.73 bits per heavy atom. The van der Waals surface area contributed by atoms with E-state index in [1.807, 2.05) is 19.1 Å². The monoisotopic (exact) mass is 553 g/mol. The number of nitrogens with zero attached hydrogens (tertiary/aromatic N) is 4. The first kappa shape index (κ1) is 29.6. The molecule has 0 bridgehead atoms. The predicted molar refractivity (Wildman–Crippen MR) is 151 cm³/mol. The van der Waals surface area contributed by atoms with Crippen LogP contribution in [0.2, 0.25) is 0 Å². The molecule has 40 heavy (non-hydrogen) atoms. The number of carboxylic acid groups (broad SMARTS) is 1. The first-order valence-electron chi connectivity index (χ1n) is 13.9. The Balaban J connectivity index is 1.28. The minimum absolute atomic E-state index is 0.0404. The van der Waals surface area contributed by atoms with Crippen LogP contribution in [0, 0.1) is 11.7 Å². The summed E-state index contributed by atoms with van der Waals surface area (Å²) < 4.78 is 13.2. The molecule has 0 saturated carbocycles. The number of piperidine rings is 1. The van der Waals surface area contributed by atoms with E-state index in [0.717, 1.165) is 38.9 Å². The molecule has 1 aromatic heterocycles. The molecule has 5 N–H and O–H groups in total. The minimum Gasteiger partial charge on any atom is -0.481 e. The highest BCUT2D eigenvalue weighted by atomic mass is 19.1. The van der Waals surface area contributed by atoms with Crippen LogP contribution in [0.5, 0.6) is 0 Å². The molecule has 3 atom stereocenters. The number of anilines is 1. The summed E-state index contributed by atoms with van der Waals surface area (Å²) in [7, 11) is 0. The summed E-state index contributed by atoms with van der Waals surface area (Å²) in [6.45, 7) is 8.35. The quantitative estimate of drug-likeness (QED) is 0.200. The molecule has 1 saturated heterocycles. The van der Waals surface area contributed by atoms with Crippen LogP contribution < -0.4 is 10.6 Å². The van der Waals surface area contributed by atoms with Crippen LogP contribution in [-0.4, -0.2) is 73.7 Å². The number of carboxylic acids is 1. The summed E-state index contributed by atoms with van der Waals surface area (Å²) in [5, 5.41) is 40.6. The fourth-order valence-electron chi connectivity index (χ4n) is 5.15. The van der Waals surface area contributed by atoms with E-state index in [1.54, 1.807) is 32.0 Å². The number of aliphatic hydroxyl groups is 1. The third-order valence-electron chi connectivity index (χ3n) is 7.79. The Hall–Kier alpha value is -3.41. The number of aryl methyl sites for hydroxylation is 1. The van der Waals surface area contributed by atoms with Crippen molar-refractivity contribution in [3.8, 4) is 11.4 Å². The Morgan fingerprint density at radius 2 is 2.02 bits per heavy atom. The Bertz CT molecular complexity index is 1240. The predicted octanol–water partition coefficient (Wildman–Crippen LogP) is 3.77. The van der Waals surface area contributed by atoms with Crippen LogP contribution in [0.3, 0.4) is 0 Å². The van der Waals surface area contributed by atoms with E-state index in [9.17, 15) is 19.4 Å². The maximum Gasteiger partial charge on any atom is 0.313 e. The zero-order valence-electron chi connectivity index (χ0n) is 23.4. The zero-order valence-corrected chi connectivity index (χ0v) is 23.4. The number of aromatic nitrogens is 4. The van der Waals surface area contributed by atoms with Gasteiger partial charge in [-0.25, -0.2) is 9.49 Å². The Labute approximate surface area is 234 Å². The van der Waals surface area contributed by atoms with Gasteiger partial charge in [-0.2, -0.15) is 0 Å². The van der Waals surface area contributed by atoms with Crippen molar-refractivity contribution in [1.82, 2.24) is 30.8 Å². The maximum atomic E-state index is 13.2. The number of benzene rings is 2. The first-order valence-corrected chi connectivity index (χ1v) is 13.9. The van der Waals surface area contributed by atoms with Crippen molar-refractivity contribution in [2.75, 3.05) is 25.0 Å². The second kappa shape index (κ2) is 13.3. The van der Waals surface area contributed by atoms with Crippen molar-refractivity contribution >= 4 is 11.7 Å². The fraction of sp³-hybridized carbons (Fsp3) is 0.517. The summed E-state index contributed by atoms with van der Waals surface area (Å²) in [5.74, 6) is -0.126.